The SMILES string of the molecule is Cc1cc(C(=O)Nc2ccc3c(c2)OCO3)oc1C. The molecule has 1 amide bonds. The van der Waals surface area contributed by atoms with Gasteiger partial charge in [-0.3, -0.25) is 4.79 Å². The lowest BCUT2D eigenvalue weighted by Crippen LogP contribution is -2.10. The van der Waals surface area contributed by atoms with Crippen molar-refractivity contribution < 1.29 is 18.7 Å². The Balaban J connectivity index is 1.79. The van der Waals surface area contributed by atoms with Gasteiger partial charge in [-0.2, -0.15) is 0 Å². The van der Waals surface area contributed by atoms with Crippen molar-refractivity contribution in [3.8, 4) is 11.5 Å². The monoisotopic (exact) mass is 259 g/mol. The second-order valence-electron chi connectivity index (χ2n) is 4.37. The first-order valence-corrected chi connectivity index (χ1v) is 5.91. The standard InChI is InChI=1S/C14H13NO4/c1-8-5-13(19-9(8)2)14(16)15-10-3-4-11-12(6-10)18-7-17-11/h3-6H,7H2,1-2H3,(H,15,16). The summed E-state index contributed by atoms with van der Waals surface area (Å²) in [5, 5.41) is 2.76. The molecule has 0 saturated carbocycles. The summed E-state index contributed by atoms with van der Waals surface area (Å²) in [7, 11) is 0. The van der Waals surface area contributed by atoms with Crippen LogP contribution in [-0.4, -0.2) is 12.7 Å². The molecule has 0 atom stereocenters. The predicted octanol–water partition coefficient (Wildman–Crippen LogP) is 2.88. The van der Waals surface area contributed by atoms with Crippen molar-refractivity contribution in [2.45, 2.75) is 13.8 Å². The fourth-order valence-corrected chi connectivity index (χ4v) is 1.85. The van der Waals surface area contributed by atoms with Gasteiger partial charge >= 0.3 is 0 Å². The van der Waals surface area contributed by atoms with E-state index in [1.54, 1.807) is 24.3 Å². The minimum absolute atomic E-state index is 0.212. The molecule has 0 bridgehead atoms. The maximum atomic E-state index is 12.0. The third kappa shape index (κ3) is 2.14. The molecule has 98 valence electrons. The van der Waals surface area contributed by atoms with Gasteiger partial charge in [-0.05, 0) is 37.6 Å². The Morgan fingerprint density at radius 3 is 2.68 bits per heavy atom. The fourth-order valence-electron chi connectivity index (χ4n) is 1.85. The van der Waals surface area contributed by atoms with Crippen LogP contribution < -0.4 is 14.8 Å². The summed E-state index contributed by atoms with van der Waals surface area (Å²) < 4.78 is 15.8. The van der Waals surface area contributed by atoms with Crippen LogP contribution >= 0.6 is 0 Å². The molecule has 19 heavy (non-hydrogen) atoms. The van der Waals surface area contributed by atoms with Crippen molar-refractivity contribution in [3.63, 3.8) is 0 Å². The van der Waals surface area contributed by atoms with Crippen molar-refractivity contribution in [1.82, 2.24) is 0 Å². The number of rotatable bonds is 2. The normalized spacial score (nSPS) is 12.5. The summed E-state index contributed by atoms with van der Waals surface area (Å²) in [5.41, 5.74) is 1.59. The average Bonchev–Trinajstić information content (AvgIpc) is 2.96. The summed E-state index contributed by atoms with van der Waals surface area (Å²) in [5.74, 6) is 2.07. The molecule has 5 nitrogen and oxygen atoms in total. The summed E-state index contributed by atoms with van der Waals surface area (Å²) in [6.07, 6.45) is 0. The molecule has 0 unspecified atom stereocenters. The number of nitrogens with one attached hydrogen (secondary N) is 1. The predicted molar refractivity (Wildman–Crippen MR) is 68.7 cm³/mol. The largest absolute Gasteiger partial charge is 0.456 e. The van der Waals surface area contributed by atoms with E-state index in [-0.39, 0.29) is 12.7 Å². The van der Waals surface area contributed by atoms with Crippen LogP contribution in [0.15, 0.2) is 28.7 Å². The number of aryl methyl sites for hydroxylation is 2. The van der Waals surface area contributed by atoms with Crippen LogP contribution in [0.4, 0.5) is 5.69 Å². The second-order valence-corrected chi connectivity index (χ2v) is 4.37. The molecule has 5 heteroatoms. The number of amides is 1. The lowest BCUT2D eigenvalue weighted by atomic mass is 10.2. The van der Waals surface area contributed by atoms with E-state index < -0.39 is 0 Å². The quantitative estimate of drug-likeness (QED) is 0.900. The summed E-state index contributed by atoms with van der Waals surface area (Å²) in [4.78, 5) is 12.0. The van der Waals surface area contributed by atoms with Gasteiger partial charge in [0.05, 0.1) is 0 Å². The van der Waals surface area contributed by atoms with Crippen molar-refractivity contribution in [3.05, 3.63) is 41.3 Å². The van der Waals surface area contributed by atoms with Gasteiger partial charge in [0.25, 0.3) is 5.91 Å². The first-order chi connectivity index (χ1) is 9.13. The zero-order valence-corrected chi connectivity index (χ0v) is 10.6. The second kappa shape index (κ2) is 4.35. The van der Waals surface area contributed by atoms with Gasteiger partial charge in [0.2, 0.25) is 6.79 Å². The highest BCUT2D eigenvalue weighted by molar-refractivity contribution is 6.02. The van der Waals surface area contributed by atoms with Gasteiger partial charge in [-0.15, -0.1) is 0 Å². The summed E-state index contributed by atoms with van der Waals surface area (Å²) >= 11 is 0. The maximum Gasteiger partial charge on any atom is 0.291 e. The van der Waals surface area contributed by atoms with Gasteiger partial charge < -0.3 is 19.2 Å². The molecule has 1 aromatic carbocycles. The molecule has 0 spiro atoms. The van der Waals surface area contributed by atoms with E-state index in [4.69, 9.17) is 13.9 Å². The highest BCUT2D eigenvalue weighted by atomic mass is 16.7. The molecule has 1 aliphatic rings. The van der Waals surface area contributed by atoms with Gasteiger partial charge in [0.1, 0.15) is 5.76 Å². The number of hydrogen-bond acceptors (Lipinski definition) is 4. The summed E-state index contributed by atoms with van der Waals surface area (Å²) in [6, 6.07) is 6.96. The van der Waals surface area contributed by atoms with Crippen LogP contribution in [-0.2, 0) is 0 Å². The zero-order chi connectivity index (χ0) is 13.4. The topological polar surface area (TPSA) is 60.7 Å². The number of fused-ring (bicyclic) bond motifs is 1. The molecule has 3 rings (SSSR count). The lowest BCUT2D eigenvalue weighted by Gasteiger charge is -2.04. The Hall–Kier alpha value is -2.43. The number of ether oxygens (including phenoxy) is 2. The van der Waals surface area contributed by atoms with E-state index in [2.05, 4.69) is 5.32 Å². The van der Waals surface area contributed by atoms with Crippen molar-refractivity contribution in [2.24, 2.45) is 0 Å². The number of benzene rings is 1. The van der Waals surface area contributed by atoms with Gasteiger partial charge in [0, 0.05) is 11.8 Å². The Bertz CT molecular complexity index is 625. The third-order valence-electron chi connectivity index (χ3n) is 3.02. The van der Waals surface area contributed by atoms with Gasteiger partial charge in [0.15, 0.2) is 17.3 Å². The maximum absolute atomic E-state index is 12.0. The van der Waals surface area contributed by atoms with E-state index in [0.29, 0.717) is 22.9 Å². The molecular formula is C14H13NO4. The summed E-state index contributed by atoms with van der Waals surface area (Å²) in [6.45, 7) is 3.94. The average molecular weight is 259 g/mol. The number of furan rings is 1. The molecule has 0 radical (unpaired) electrons. The zero-order valence-electron chi connectivity index (χ0n) is 10.6. The van der Waals surface area contributed by atoms with E-state index in [1.165, 1.54) is 0 Å². The number of hydrogen-bond donors (Lipinski definition) is 1. The first kappa shape index (κ1) is 11.6. The van der Waals surface area contributed by atoms with Crippen LogP contribution in [0.25, 0.3) is 0 Å². The number of anilines is 1. The highest BCUT2D eigenvalue weighted by Gasteiger charge is 2.16. The number of carbonyl (C=O) groups excluding carboxylic acids is 1. The minimum atomic E-state index is -0.282. The smallest absolute Gasteiger partial charge is 0.291 e. The van der Waals surface area contributed by atoms with Crippen molar-refractivity contribution in [2.75, 3.05) is 12.1 Å². The van der Waals surface area contributed by atoms with Crippen LogP contribution in [0.3, 0.4) is 0 Å². The van der Waals surface area contributed by atoms with Crippen molar-refractivity contribution >= 4 is 11.6 Å². The van der Waals surface area contributed by atoms with Crippen molar-refractivity contribution in [1.29, 1.82) is 0 Å². The van der Waals surface area contributed by atoms with Crippen LogP contribution in [0.2, 0.25) is 0 Å². The Kier molecular flexibility index (Phi) is 2.67. The molecule has 2 heterocycles. The molecule has 0 fully saturated rings. The lowest BCUT2D eigenvalue weighted by molar-refractivity contribution is 0.0995. The van der Waals surface area contributed by atoms with E-state index in [0.717, 1.165) is 11.3 Å². The third-order valence-corrected chi connectivity index (χ3v) is 3.02. The van der Waals surface area contributed by atoms with Gasteiger partial charge in [-0.25, -0.2) is 0 Å². The minimum Gasteiger partial charge on any atom is -0.456 e. The Morgan fingerprint density at radius 1 is 1.16 bits per heavy atom. The van der Waals surface area contributed by atoms with Crippen LogP contribution in [0.5, 0.6) is 11.5 Å². The fraction of sp³-hybridized carbons (Fsp3) is 0.214. The number of carbonyl (C=O) groups is 1. The molecular weight excluding hydrogens is 246 g/mol. The molecule has 1 N–H and O–H groups in total. The molecule has 1 aromatic heterocycles. The van der Waals surface area contributed by atoms with E-state index >= 15 is 0 Å². The Labute approximate surface area is 110 Å². The molecule has 0 saturated heterocycles. The highest BCUT2D eigenvalue weighted by Crippen LogP contribution is 2.34. The Morgan fingerprint density at radius 2 is 1.95 bits per heavy atom. The van der Waals surface area contributed by atoms with Gasteiger partial charge in [-0.1, -0.05) is 0 Å². The first-order valence-electron chi connectivity index (χ1n) is 5.91. The van der Waals surface area contributed by atoms with Crippen LogP contribution in [0, 0.1) is 13.8 Å². The van der Waals surface area contributed by atoms with E-state index in [1.807, 2.05) is 13.8 Å². The van der Waals surface area contributed by atoms with Crippen LogP contribution in [0.1, 0.15) is 21.9 Å². The van der Waals surface area contributed by atoms with E-state index in [9.17, 15) is 4.79 Å². The molecule has 2 aromatic rings. The molecule has 0 aliphatic carbocycles. The molecule has 1 aliphatic heterocycles.